The molecule has 1 unspecified atom stereocenters. The first-order valence-electron chi connectivity index (χ1n) is 5.74. The average molecular weight is 281 g/mol. The Kier molecular flexibility index (Phi) is 4.59. The molecule has 0 bridgehead atoms. The maximum absolute atomic E-state index is 6.14. The van der Waals surface area contributed by atoms with Crippen LogP contribution in [0.3, 0.4) is 0 Å². The van der Waals surface area contributed by atoms with Gasteiger partial charge in [-0.2, -0.15) is 0 Å². The van der Waals surface area contributed by atoms with Crippen molar-refractivity contribution in [2.24, 2.45) is 5.73 Å². The summed E-state index contributed by atoms with van der Waals surface area (Å²) >= 11 is 12.1. The van der Waals surface area contributed by atoms with E-state index in [1.807, 2.05) is 24.3 Å². The molecule has 0 aliphatic carbocycles. The van der Waals surface area contributed by atoms with Crippen molar-refractivity contribution in [3.05, 3.63) is 63.9 Å². The summed E-state index contributed by atoms with van der Waals surface area (Å²) in [7, 11) is 0. The topological polar surface area (TPSA) is 38.9 Å². The molecule has 0 saturated heterocycles. The van der Waals surface area contributed by atoms with Crippen LogP contribution in [0.25, 0.3) is 0 Å². The van der Waals surface area contributed by atoms with Crippen molar-refractivity contribution in [1.29, 1.82) is 0 Å². The van der Waals surface area contributed by atoms with Gasteiger partial charge in [-0.25, -0.2) is 0 Å². The highest BCUT2D eigenvalue weighted by Gasteiger charge is 2.10. The number of hydrogen-bond donors (Lipinski definition) is 1. The molecule has 2 aromatic rings. The van der Waals surface area contributed by atoms with Crippen LogP contribution in [0.1, 0.15) is 11.1 Å². The highest BCUT2D eigenvalue weighted by molar-refractivity contribution is 6.42. The lowest BCUT2D eigenvalue weighted by molar-refractivity contribution is 0.664. The second-order valence-electron chi connectivity index (χ2n) is 4.24. The van der Waals surface area contributed by atoms with Gasteiger partial charge >= 0.3 is 0 Å². The van der Waals surface area contributed by atoms with E-state index in [2.05, 4.69) is 4.98 Å². The summed E-state index contributed by atoms with van der Waals surface area (Å²) in [5, 5.41) is 1.18. The molecule has 0 fully saturated rings. The first-order chi connectivity index (χ1) is 8.66. The summed E-state index contributed by atoms with van der Waals surface area (Å²) in [6, 6.07) is 9.59. The average Bonchev–Trinajstić information content (AvgIpc) is 2.36. The second-order valence-corrected chi connectivity index (χ2v) is 5.02. The highest BCUT2D eigenvalue weighted by Crippen LogP contribution is 2.26. The summed E-state index contributed by atoms with van der Waals surface area (Å²) < 4.78 is 0. The zero-order valence-electron chi connectivity index (χ0n) is 9.81. The lowest BCUT2D eigenvalue weighted by Crippen LogP contribution is -2.25. The van der Waals surface area contributed by atoms with Gasteiger partial charge in [0.25, 0.3) is 0 Å². The molecular weight excluding hydrogens is 267 g/mol. The molecule has 4 heteroatoms. The van der Waals surface area contributed by atoms with Crippen LogP contribution < -0.4 is 5.73 Å². The van der Waals surface area contributed by atoms with E-state index in [1.165, 1.54) is 5.56 Å². The fourth-order valence-electron chi connectivity index (χ4n) is 1.88. The van der Waals surface area contributed by atoms with Crippen LogP contribution in [-0.4, -0.2) is 11.0 Å². The van der Waals surface area contributed by atoms with E-state index in [0.29, 0.717) is 16.5 Å². The van der Waals surface area contributed by atoms with Gasteiger partial charge in [-0.15, -0.1) is 0 Å². The predicted octanol–water partition coefficient (Wildman–Crippen LogP) is 3.50. The van der Waals surface area contributed by atoms with E-state index in [0.717, 1.165) is 12.0 Å². The van der Waals surface area contributed by atoms with Crippen LogP contribution in [0.15, 0.2) is 42.7 Å². The van der Waals surface area contributed by atoms with Crippen LogP contribution in [-0.2, 0) is 12.8 Å². The molecule has 0 aliphatic heterocycles. The fourth-order valence-corrected chi connectivity index (χ4v) is 2.28. The molecule has 94 valence electrons. The molecule has 0 saturated carbocycles. The molecule has 2 nitrogen and oxygen atoms in total. The Bertz CT molecular complexity index is 514. The molecule has 2 N–H and O–H groups in total. The molecule has 0 radical (unpaired) electrons. The number of hydrogen-bond acceptors (Lipinski definition) is 2. The summed E-state index contributed by atoms with van der Waals surface area (Å²) in [5.41, 5.74) is 8.30. The molecule has 0 spiro atoms. The van der Waals surface area contributed by atoms with Crippen molar-refractivity contribution < 1.29 is 0 Å². The predicted molar refractivity (Wildman–Crippen MR) is 76.1 cm³/mol. The Morgan fingerprint density at radius 2 is 1.78 bits per heavy atom. The lowest BCUT2D eigenvalue weighted by atomic mass is 10.0. The van der Waals surface area contributed by atoms with Crippen LogP contribution in [0.2, 0.25) is 10.0 Å². The van der Waals surface area contributed by atoms with Crippen molar-refractivity contribution in [2.75, 3.05) is 0 Å². The Hall–Kier alpha value is -1.09. The van der Waals surface area contributed by atoms with E-state index >= 15 is 0 Å². The van der Waals surface area contributed by atoms with Crippen molar-refractivity contribution in [3.8, 4) is 0 Å². The van der Waals surface area contributed by atoms with E-state index in [9.17, 15) is 0 Å². The first kappa shape index (κ1) is 13.3. The smallest absolute Gasteiger partial charge is 0.0624 e. The number of nitrogens with zero attached hydrogens (tertiary/aromatic N) is 1. The van der Waals surface area contributed by atoms with Crippen molar-refractivity contribution >= 4 is 23.2 Å². The third-order valence-electron chi connectivity index (χ3n) is 2.76. The minimum Gasteiger partial charge on any atom is -0.327 e. The molecular formula is C14H14Cl2N2. The van der Waals surface area contributed by atoms with Crippen molar-refractivity contribution in [3.63, 3.8) is 0 Å². The second kappa shape index (κ2) is 6.19. The summed E-state index contributed by atoms with van der Waals surface area (Å²) in [5.74, 6) is 0. The molecule has 1 heterocycles. The fraction of sp³-hybridized carbons (Fsp3) is 0.214. The number of nitrogens with two attached hydrogens (primary N) is 1. The SMILES string of the molecule is NC(Cc1ccncc1)Cc1cccc(Cl)c1Cl. The van der Waals surface area contributed by atoms with E-state index in [4.69, 9.17) is 28.9 Å². The summed E-state index contributed by atoms with van der Waals surface area (Å²) in [6.07, 6.45) is 5.05. The van der Waals surface area contributed by atoms with Crippen LogP contribution in [0.5, 0.6) is 0 Å². The van der Waals surface area contributed by atoms with Gasteiger partial charge in [0.05, 0.1) is 10.0 Å². The van der Waals surface area contributed by atoms with E-state index in [-0.39, 0.29) is 6.04 Å². The van der Waals surface area contributed by atoms with Crippen LogP contribution in [0.4, 0.5) is 0 Å². The van der Waals surface area contributed by atoms with Gasteiger partial charge in [0.1, 0.15) is 0 Å². The maximum Gasteiger partial charge on any atom is 0.0624 e. The standard InChI is InChI=1S/C14H14Cl2N2/c15-13-3-1-2-11(14(13)16)9-12(17)8-10-4-6-18-7-5-10/h1-7,12H,8-9,17H2. The van der Waals surface area contributed by atoms with Gasteiger partial charge in [0, 0.05) is 18.4 Å². The van der Waals surface area contributed by atoms with Crippen molar-refractivity contribution in [2.45, 2.75) is 18.9 Å². The molecule has 0 aliphatic rings. The lowest BCUT2D eigenvalue weighted by Gasteiger charge is -2.13. The van der Waals surface area contributed by atoms with Gasteiger partial charge in [-0.1, -0.05) is 35.3 Å². The molecule has 1 aromatic heterocycles. The maximum atomic E-state index is 6.14. The molecule has 1 atom stereocenters. The quantitative estimate of drug-likeness (QED) is 0.931. The minimum absolute atomic E-state index is 0.0170. The molecule has 2 rings (SSSR count). The monoisotopic (exact) mass is 280 g/mol. The van der Waals surface area contributed by atoms with Crippen molar-refractivity contribution in [1.82, 2.24) is 4.98 Å². The Balaban J connectivity index is 2.03. The van der Waals surface area contributed by atoms with Gasteiger partial charge in [-0.05, 0) is 42.2 Å². The zero-order valence-corrected chi connectivity index (χ0v) is 11.3. The summed E-state index contributed by atoms with van der Waals surface area (Å²) in [6.45, 7) is 0. The zero-order chi connectivity index (χ0) is 13.0. The van der Waals surface area contributed by atoms with Gasteiger partial charge in [-0.3, -0.25) is 4.98 Å². The molecule has 0 amide bonds. The van der Waals surface area contributed by atoms with Gasteiger partial charge in [0.15, 0.2) is 0 Å². The van der Waals surface area contributed by atoms with Crippen LogP contribution in [0, 0.1) is 0 Å². The van der Waals surface area contributed by atoms with Gasteiger partial charge in [0.2, 0.25) is 0 Å². The largest absolute Gasteiger partial charge is 0.327 e. The molecule has 18 heavy (non-hydrogen) atoms. The third-order valence-corrected chi connectivity index (χ3v) is 3.62. The first-order valence-corrected chi connectivity index (χ1v) is 6.50. The van der Waals surface area contributed by atoms with Gasteiger partial charge < -0.3 is 5.73 Å². The minimum atomic E-state index is 0.0170. The third kappa shape index (κ3) is 3.45. The number of halogens is 2. The number of aromatic nitrogens is 1. The Morgan fingerprint density at radius 1 is 1.06 bits per heavy atom. The molecule has 1 aromatic carbocycles. The highest BCUT2D eigenvalue weighted by atomic mass is 35.5. The Morgan fingerprint density at radius 3 is 2.50 bits per heavy atom. The summed E-state index contributed by atoms with van der Waals surface area (Å²) in [4.78, 5) is 3.98. The number of pyridine rings is 1. The normalized spacial score (nSPS) is 12.4. The number of rotatable bonds is 4. The van der Waals surface area contributed by atoms with Crippen LogP contribution >= 0.6 is 23.2 Å². The number of benzene rings is 1. The Labute approximate surface area is 117 Å². The van der Waals surface area contributed by atoms with E-state index < -0.39 is 0 Å². The van der Waals surface area contributed by atoms with E-state index in [1.54, 1.807) is 18.5 Å².